The van der Waals surface area contributed by atoms with Crippen molar-refractivity contribution in [1.82, 2.24) is 4.90 Å². The Balaban J connectivity index is 2.52. The van der Waals surface area contributed by atoms with Gasteiger partial charge >= 0.3 is 0 Å². The highest BCUT2D eigenvalue weighted by Crippen LogP contribution is 2.10. The molecule has 0 aromatic heterocycles. The maximum Gasteiger partial charge on any atom is 0.248 e. The summed E-state index contributed by atoms with van der Waals surface area (Å²) in [6.07, 6.45) is 4.39. The lowest BCUT2D eigenvalue weighted by Crippen LogP contribution is -2.12. The topological polar surface area (TPSA) is 32.3 Å². The number of carbonyl (C=O) groups is 1. The summed E-state index contributed by atoms with van der Waals surface area (Å²) in [4.78, 5) is 13.6. The van der Waals surface area contributed by atoms with Crippen molar-refractivity contribution in [2.45, 2.75) is 13.3 Å². The maximum atomic E-state index is 11.6. The van der Waals surface area contributed by atoms with Gasteiger partial charge in [0.25, 0.3) is 0 Å². The Hall–Kier alpha value is -1.61. The van der Waals surface area contributed by atoms with Crippen molar-refractivity contribution in [3.8, 4) is 0 Å². The molecule has 1 N–H and O–H groups in total. The minimum atomic E-state index is -0.0832. The fraction of sp³-hybridized carbons (Fsp3) is 0.357. The van der Waals surface area contributed by atoms with Crippen LogP contribution in [0.1, 0.15) is 12.5 Å². The number of nitrogens with zero attached hydrogens (tertiary/aromatic N) is 1. The molecule has 1 aromatic rings. The monoisotopic (exact) mass is 232 g/mol. The molecule has 0 radical (unpaired) electrons. The molecule has 0 saturated carbocycles. The molecule has 0 unspecified atom stereocenters. The van der Waals surface area contributed by atoms with Gasteiger partial charge < -0.3 is 10.2 Å². The predicted octanol–water partition coefficient (Wildman–Crippen LogP) is 2.31. The Morgan fingerprint density at radius 3 is 2.82 bits per heavy atom. The van der Waals surface area contributed by atoms with Crippen molar-refractivity contribution in [1.29, 1.82) is 0 Å². The average molecular weight is 232 g/mol. The number of hydrogen-bond donors (Lipinski definition) is 1. The van der Waals surface area contributed by atoms with E-state index in [1.165, 1.54) is 5.56 Å². The minimum absolute atomic E-state index is 0.0832. The van der Waals surface area contributed by atoms with Gasteiger partial charge in [0.15, 0.2) is 0 Å². The molecule has 0 aliphatic carbocycles. The van der Waals surface area contributed by atoms with E-state index >= 15 is 0 Å². The van der Waals surface area contributed by atoms with Crippen LogP contribution in [0.4, 0.5) is 5.69 Å². The number of rotatable bonds is 5. The van der Waals surface area contributed by atoms with Gasteiger partial charge in [0, 0.05) is 18.3 Å². The third-order valence-corrected chi connectivity index (χ3v) is 2.34. The average Bonchev–Trinajstić information content (AvgIpc) is 2.28. The third kappa shape index (κ3) is 5.31. The summed E-state index contributed by atoms with van der Waals surface area (Å²) >= 11 is 0. The van der Waals surface area contributed by atoms with Gasteiger partial charge in [0.1, 0.15) is 0 Å². The van der Waals surface area contributed by atoms with E-state index in [0.29, 0.717) is 0 Å². The summed E-state index contributed by atoms with van der Waals surface area (Å²) in [5.74, 6) is -0.0832. The molecule has 17 heavy (non-hydrogen) atoms. The predicted molar refractivity (Wildman–Crippen MR) is 72.1 cm³/mol. The van der Waals surface area contributed by atoms with Crippen LogP contribution in [-0.4, -0.2) is 31.4 Å². The number of benzene rings is 1. The van der Waals surface area contributed by atoms with Crippen LogP contribution in [0.3, 0.4) is 0 Å². The third-order valence-electron chi connectivity index (χ3n) is 2.34. The lowest BCUT2D eigenvalue weighted by molar-refractivity contribution is -0.111. The van der Waals surface area contributed by atoms with Gasteiger partial charge in [-0.1, -0.05) is 25.1 Å². The van der Waals surface area contributed by atoms with Crippen LogP contribution in [0.5, 0.6) is 0 Å². The van der Waals surface area contributed by atoms with Crippen LogP contribution < -0.4 is 5.32 Å². The maximum absolute atomic E-state index is 11.6. The second-order valence-corrected chi connectivity index (χ2v) is 4.21. The highest BCUT2D eigenvalue weighted by molar-refractivity contribution is 5.99. The highest BCUT2D eigenvalue weighted by atomic mass is 16.1. The van der Waals surface area contributed by atoms with E-state index in [0.717, 1.165) is 18.7 Å². The molecule has 0 fully saturated rings. The Morgan fingerprint density at radius 1 is 1.41 bits per heavy atom. The molecular weight excluding hydrogens is 212 g/mol. The Kier molecular flexibility index (Phi) is 5.43. The summed E-state index contributed by atoms with van der Waals surface area (Å²) in [5.41, 5.74) is 2.07. The van der Waals surface area contributed by atoms with E-state index in [9.17, 15) is 4.79 Å². The van der Waals surface area contributed by atoms with Crippen molar-refractivity contribution in [2.24, 2.45) is 0 Å². The van der Waals surface area contributed by atoms with E-state index in [1.54, 1.807) is 6.08 Å². The number of likely N-dealkylation sites (N-methyl/N-ethyl adjacent to an activating group) is 1. The molecule has 0 bridgehead atoms. The van der Waals surface area contributed by atoms with Crippen LogP contribution in [0.25, 0.3) is 0 Å². The van der Waals surface area contributed by atoms with Gasteiger partial charge in [-0.3, -0.25) is 4.79 Å². The Morgan fingerprint density at radius 2 is 2.18 bits per heavy atom. The van der Waals surface area contributed by atoms with Crippen LogP contribution in [0, 0.1) is 0 Å². The van der Waals surface area contributed by atoms with E-state index in [1.807, 2.05) is 43.3 Å². The van der Waals surface area contributed by atoms with Gasteiger partial charge in [-0.05, 0) is 38.2 Å². The molecule has 0 saturated heterocycles. The van der Waals surface area contributed by atoms with Crippen molar-refractivity contribution in [3.63, 3.8) is 0 Å². The highest BCUT2D eigenvalue weighted by Gasteiger charge is 1.98. The van der Waals surface area contributed by atoms with Gasteiger partial charge in [-0.2, -0.15) is 0 Å². The minimum Gasteiger partial charge on any atom is -0.323 e. The molecule has 92 valence electrons. The molecule has 0 aliphatic rings. The molecule has 3 heteroatoms. The largest absolute Gasteiger partial charge is 0.323 e. The van der Waals surface area contributed by atoms with E-state index in [4.69, 9.17) is 0 Å². The van der Waals surface area contributed by atoms with E-state index < -0.39 is 0 Å². The molecule has 1 amide bonds. The second kappa shape index (κ2) is 6.86. The standard InChI is InChI=1S/C14H20N2O/c1-4-12-7-5-8-13(11-12)15-14(17)9-6-10-16(2)3/h5-9,11H,4,10H2,1-3H3,(H,15,17)/b9-6+. The van der Waals surface area contributed by atoms with Crippen molar-refractivity contribution < 1.29 is 4.79 Å². The van der Waals surface area contributed by atoms with E-state index in [2.05, 4.69) is 18.3 Å². The Bertz CT molecular complexity index is 397. The number of nitrogens with one attached hydrogen (secondary N) is 1. The van der Waals surface area contributed by atoms with Crippen LogP contribution in [0.15, 0.2) is 36.4 Å². The smallest absolute Gasteiger partial charge is 0.248 e. The van der Waals surface area contributed by atoms with Crippen LogP contribution >= 0.6 is 0 Å². The fourth-order valence-electron chi connectivity index (χ4n) is 1.42. The summed E-state index contributed by atoms with van der Waals surface area (Å²) in [6.45, 7) is 2.86. The number of anilines is 1. The first kappa shape index (κ1) is 13.5. The first-order valence-electron chi connectivity index (χ1n) is 5.83. The number of carbonyl (C=O) groups excluding carboxylic acids is 1. The number of aryl methyl sites for hydroxylation is 1. The zero-order valence-electron chi connectivity index (χ0n) is 10.7. The second-order valence-electron chi connectivity index (χ2n) is 4.21. The molecular formula is C14H20N2O. The zero-order chi connectivity index (χ0) is 12.7. The summed E-state index contributed by atoms with van der Waals surface area (Å²) < 4.78 is 0. The first-order chi connectivity index (χ1) is 8.11. The van der Waals surface area contributed by atoms with Gasteiger partial charge in [0.05, 0.1) is 0 Å². The molecule has 0 spiro atoms. The summed E-state index contributed by atoms with van der Waals surface area (Å²) in [7, 11) is 3.93. The molecule has 0 heterocycles. The molecule has 0 atom stereocenters. The van der Waals surface area contributed by atoms with Crippen molar-refractivity contribution in [2.75, 3.05) is 26.0 Å². The quantitative estimate of drug-likeness (QED) is 0.790. The first-order valence-corrected chi connectivity index (χ1v) is 5.83. The van der Waals surface area contributed by atoms with Gasteiger partial charge in [-0.25, -0.2) is 0 Å². The molecule has 1 aromatic carbocycles. The molecule has 0 aliphatic heterocycles. The zero-order valence-corrected chi connectivity index (χ0v) is 10.7. The van der Waals surface area contributed by atoms with Gasteiger partial charge in [-0.15, -0.1) is 0 Å². The lowest BCUT2D eigenvalue weighted by atomic mass is 10.1. The summed E-state index contributed by atoms with van der Waals surface area (Å²) in [6, 6.07) is 7.91. The van der Waals surface area contributed by atoms with E-state index in [-0.39, 0.29) is 5.91 Å². The number of hydrogen-bond acceptors (Lipinski definition) is 2. The molecule has 3 nitrogen and oxygen atoms in total. The van der Waals surface area contributed by atoms with Crippen LogP contribution in [-0.2, 0) is 11.2 Å². The molecule has 1 rings (SSSR count). The normalized spacial score (nSPS) is 11.1. The Labute approximate surface area is 103 Å². The van der Waals surface area contributed by atoms with Crippen molar-refractivity contribution in [3.05, 3.63) is 42.0 Å². The van der Waals surface area contributed by atoms with Gasteiger partial charge in [0.2, 0.25) is 5.91 Å². The van der Waals surface area contributed by atoms with Crippen molar-refractivity contribution >= 4 is 11.6 Å². The fourth-order valence-corrected chi connectivity index (χ4v) is 1.42. The number of amides is 1. The van der Waals surface area contributed by atoms with Crippen LogP contribution in [0.2, 0.25) is 0 Å². The summed E-state index contributed by atoms with van der Waals surface area (Å²) in [5, 5.41) is 2.85. The lowest BCUT2D eigenvalue weighted by Gasteiger charge is -2.05. The SMILES string of the molecule is CCc1cccc(NC(=O)/C=C/CN(C)C)c1.